The highest BCUT2D eigenvalue weighted by molar-refractivity contribution is 5.96. The Morgan fingerprint density at radius 1 is 0.895 bits per heavy atom. The number of amides is 2. The van der Waals surface area contributed by atoms with Crippen molar-refractivity contribution in [3.8, 4) is 16.9 Å². The van der Waals surface area contributed by atoms with Crippen LogP contribution in [0.1, 0.15) is 40.1 Å². The number of hydrogen-bond acceptors (Lipinski definition) is 5. The van der Waals surface area contributed by atoms with Gasteiger partial charge in [0.05, 0.1) is 11.8 Å². The Balaban J connectivity index is 1.49. The fourth-order valence-corrected chi connectivity index (χ4v) is 4.53. The zero-order chi connectivity index (χ0) is 27.4. The van der Waals surface area contributed by atoms with Gasteiger partial charge in [-0.3, -0.25) is 14.6 Å². The Labute approximate surface area is 219 Å². The third-order valence-corrected chi connectivity index (χ3v) is 6.66. The second kappa shape index (κ2) is 11.1. The molecule has 0 saturated carbocycles. The van der Waals surface area contributed by atoms with Crippen molar-refractivity contribution < 1.29 is 27.9 Å². The molecule has 2 amide bonds. The molecule has 1 fully saturated rings. The summed E-state index contributed by atoms with van der Waals surface area (Å²) < 4.78 is 40.9. The summed E-state index contributed by atoms with van der Waals surface area (Å²) in [6, 6.07) is 11.8. The topological polar surface area (TPSA) is 77.0 Å². The zero-order valence-electron chi connectivity index (χ0n) is 21.2. The molecule has 0 spiro atoms. The van der Waals surface area contributed by atoms with Crippen LogP contribution in [0.4, 0.5) is 18.9 Å². The standard InChI is InChI=1S/C28H29F3N4O3/c1-3-33(4-2)26(37)19-5-7-24(8-6-19)34-9-11-35(12-10-34)27(38)21-13-20(14-23(15-21)28(29,30)31)22-16-25(36)18-32-17-22/h5-8,13-18,36H,3-4,9-12H2,1-2H3. The maximum Gasteiger partial charge on any atom is 0.416 e. The van der Waals surface area contributed by atoms with Gasteiger partial charge in [0.15, 0.2) is 0 Å². The van der Waals surface area contributed by atoms with E-state index in [9.17, 15) is 27.9 Å². The van der Waals surface area contributed by atoms with E-state index in [2.05, 4.69) is 9.88 Å². The minimum absolute atomic E-state index is 0.0288. The molecular formula is C28H29F3N4O3. The van der Waals surface area contributed by atoms with E-state index in [1.807, 2.05) is 26.0 Å². The van der Waals surface area contributed by atoms with E-state index < -0.39 is 17.6 Å². The average Bonchev–Trinajstić information content (AvgIpc) is 2.92. The van der Waals surface area contributed by atoms with Gasteiger partial charge >= 0.3 is 6.18 Å². The molecule has 1 saturated heterocycles. The van der Waals surface area contributed by atoms with Gasteiger partial charge in [-0.05, 0) is 67.9 Å². The number of nitrogens with zero attached hydrogens (tertiary/aromatic N) is 4. The number of alkyl halides is 3. The van der Waals surface area contributed by atoms with E-state index in [0.717, 1.165) is 17.8 Å². The summed E-state index contributed by atoms with van der Waals surface area (Å²) in [5.41, 5.74) is 0.910. The summed E-state index contributed by atoms with van der Waals surface area (Å²) in [5, 5.41) is 9.71. The number of hydrogen-bond donors (Lipinski definition) is 1. The third-order valence-electron chi connectivity index (χ3n) is 6.66. The first kappa shape index (κ1) is 27.0. The smallest absolute Gasteiger partial charge is 0.416 e. The number of pyridine rings is 1. The van der Waals surface area contributed by atoms with Crippen molar-refractivity contribution in [2.75, 3.05) is 44.2 Å². The maximum atomic E-state index is 13.6. The highest BCUT2D eigenvalue weighted by Gasteiger charge is 2.33. The van der Waals surface area contributed by atoms with Gasteiger partial charge < -0.3 is 19.8 Å². The molecule has 0 aliphatic carbocycles. The van der Waals surface area contributed by atoms with E-state index >= 15 is 0 Å². The van der Waals surface area contributed by atoms with Crippen molar-refractivity contribution >= 4 is 17.5 Å². The molecule has 4 rings (SSSR count). The lowest BCUT2D eigenvalue weighted by atomic mass is 9.99. The minimum Gasteiger partial charge on any atom is -0.506 e. The number of halogens is 3. The van der Waals surface area contributed by atoms with Crippen molar-refractivity contribution in [2.24, 2.45) is 0 Å². The van der Waals surface area contributed by atoms with Crippen LogP contribution in [0.3, 0.4) is 0 Å². The van der Waals surface area contributed by atoms with Crippen LogP contribution >= 0.6 is 0 Å². The molecule has 0 bridgehead atoms. The molecule has 2 aromatic carbocycles. The summed E-state index contributed by atoms with van der Waals surface area (Å²) in [7, 11) is 0. The fourth-order valence-electron chi connectivity index (χ4n) is 4.53. The van der Waals surface area contributed by atoms with Gasteiger partial charge in [-0.2, -0.15) is 13.2 Å². The molecular weight excluding hydrogens is 497 g/mol. The number of piperazine rings is 1. The lowest BCUT2D eigenvalue weighted by molar-refractivity contribution is -0.137. The highest BCUT2D eigenvalue weighted by Crippen LogP contribution is 2.34. The molecule has 2 heterocycles. The fraction of sp³-hybridized carbons (Fsp3) is 0.321. The Morgan fingerprint density at radius 2 is 1.55 bits per heavy atom. The van der Waals surface area contributed by atoms with Crippen molar-refractivity contribution in [1.29, 1.82) is 0 Å². The predicted molar refractivity (Wildman–Crippen MR) is 138 cm³/mol. The number of aromatic hydroxyl groups is 1. The molecule has 0 unspecified atom stereocenters. The molecule has 1 aliphatic heterocycles. The molecule has 3 aromatic rings. The van der Waals surface area contributed by atoms with Gasteiger partial charge in [0.1, 0.15) is 5.75 Å². The van der Waals surface area contributed by atoms with Crippen molar-refractivity contribution in [2.45, 2.75) is 20.0 Å². The molecule has 1 N–H and O–H groups in total. The lowest BCUT2D eigenvalue weighted by Gasteiger charge is -2.36. The Kier molecular flexibility index (Phi) is 7.89. The van der Waals surface area contributed by atoms with Crippen molar-refractivity contribution in [3.63, 3.8) is 0 Å². The number of anilines is 1. The largest absolute Gasteiger partial charge is 0.506 e. The van der Waals surface area contributed by atoms with Crippen LogP contribution in [0.25, 0.3) is 11.1 Å². The van der Waals surface area contributed by atoms with Crippen LogP contribution in [0.15, 0.2) is 60.9 Å². The van der Waals surface area contributed by atoms with E-state index in [4.69, 9.17) is 0 Å². The van der Waals surface area contributed by atoms with Gasteiger partial charge in [0.2, 0.25) is 0 Å². The summed E-state index contributed by atoms with van der Waals surface area (Å²) in [6.07, 6.45) is -2.13. The first-order valence-electron chi connectivity index (χ1n) is 12.4. The summed E-state index contributed by atoms with van der Waals surface area (Å²) in [6.45, 7) is 6.78. The first-order chi connectivity index (χ1) is 18.1. The highest BCUT2D eigenvalue weighted by atomic mass is 19.4. The number of carbonyl (C=O) groups excluding carboxylic acids is 2. The number of rotatable bonds is 6. The lowest BCUT2D eigenvalue weighted by Crippen LogP contribution is -2.48. The van der Waals surface area contributed by atoms with Crippen LogP contribution in [0.2, 0.25) is 0 Å². The Bertz CT molecular complexity index is 1300. The Morgan fingerprint density at radius 3 is 2.13 bits per heavy atom. The number of carbonyl (C=O) groups is 2. The van der Waals surface area contributed by atoms with Crippen LogP contribution in [0.5, 0.6) is 5.75 Å². The molecule has 10 heteroatoms. The van der Waals surface area contributed by atoms with Crippen LogP contribution in [0, 0.1) is 0 Å². The van der Waals surface area contributed by atoms with Crippen molar-refractivity contribution in [3.05, 3.63) is 77.6 Å². The van der Waals surface area contributed by atoms with Gasteiger partial charge in [0.25, 0.3) is 11.8 Å². The third kappa shape index (κ3) is 5.90. The van der Waals surface area contributed by atoms with E-state index in [0.29, 0.717) is 44.8 Å². The van der Waals surface area contributed by atoms with E-state index in [-0.39, 0.29) is 28.3 Å². The first-order valence-corrected chi connectivity index (χ1v) is 12.4. The minimum atomic E-state index is -4.65. The maximum absolute atomic E-state index is 13.6. The number of aromatic nitrogens is 1. The second-order valence-corrected chi connectivity index (χ2v) is 9.03. The van der Waals surface area contributed by atoms with Crippen LogP contribution < -0.4 is 4.90 Å². The molecule has 1 aliphatic rings. The summed E-state index contributed by atoms with van der Waals surface area (Å²) >= 11 is 0. The van der Waals surface area contributed by atoms with Gasteiger partial charge in [-0.25, -0.2) is 0 Å². The number of benzene rings is 2. The van der Waals surface area contributed by atoms with E-state index in [1.54, 1.807) is 17.0 Å². The van der Waals surface area contributed by atoms with Gasteiger partial charge in [0, 0.05) is 67.8 Å². The predicted octanol–water partition coefficient (Wildman–Crippen LogP) is 4.92. The average molecular weight is 527 g/mol. The summed E-state index contributed by atoms with van der Waals surface area (Å²) in [5.74, 6) is -0.710. The molecule has 7 nitrogen and oxygen atoms in total. The van der Waals surface area contributed by atoms with Crippen LogP contribution in [-0.2, 0) is 6.18 Å². The molecule has 1 aromatic heterocycles. The normalized spacial score (nSPS) is 13.9. The van der Waals surface area contributed by atoms with E-state index in [1.165, 1.54) is 29.4 Å². The zero-order valence-corrected chi connectivity index (χ0v) is 21.2. The molecule has 200 valence electrons. The second-order valence-electron chi connectivity index (χ2n) is 9.03. The summed E-state index contributed by atoms with van der Waals surface area (Å²) in [4.78, 5) is 35.0. The van der Waals surface area contributed by atoms with Crippen LogP contribution in [-0.4, -0.2) is 71.0 Å². The van der Waals surface area contributed by atoms with Crippen molar-refractivity contribution in [1.82, 2.24) is 14.8 Å². The molecule has 38 heavy (non-hydrogen) atoms. The van der Waals surface area contributed by atoms with Gasteiger partial charge in [-0.1, -0.05) is 0 Å². The monoisotopic (exact) mass is 526 g/mol. The Hall–Kier alpha value is -4.08. The van der Waals surface area contributed by atoms with Gasteiger partial charge in [-0.15, -0.1) is 0 Å². The quantitative estimate of drug-likeness (QED) is 0.494. The SMILES string of the molecule is CCN(CC)C(=O)c1ccc(N2CCN(C(=O)c3cc(-c4cncc(O)c4)cc(C(F)(F)F)c3)CC2)cc1. The molecule has 0 atom stereocenters. The molecule has 0 radical (unpaired) electrons.